The number of halogens is 1. The van der Waals surface area contributed by atoms with Gasteiger partial charge in [-0.3, -0.25) is 0 Å². The predicted octanol–water partition coefficient (Wildman–Crippen LogP) is 22.3. The Labute approximate surface area is 458 Å². The molecular weight excluding hydrogens is 940 g/mol. The van der Waals surface area contributed by atoms with E-state index in [1.165, 1.54) is 195 Å². The Kier molecular flexibility index (Phi) is 12.0. The highest BCUT2D eigenvalue weighted by Crippen LogP contribution is 2.61. The van der Waals surface area contributed by atoms with Gasteiger partial charge in [-0.2, -0.15) is 0 Å². The average molecular weight is 1020 g/mol. The number of unbranched alkanes of at least 4 members (excludes halogenated alkanes) is 10. The van der Waals surface area contributed by atoms with Gasteiger partial charge in [-0.05, 0) is 173 Å². The number of fused-ring (bicyclic) bond motifs is 16. The van der Waals surface area contributed by atoms with E-state index in [-0.39, 0.29) is 21.7 Å². The Morgan fingerprint density at radius 1 is 0.368 bits per heavy atom. The van der Waals surface area contributed by atoms with Crippen molar-refractivity contribution in [3.05, 3.63) is 189 Å². The fraction of sp³-hybridized carbons (Fsp3) is 0.351. The van der Waals surface area contributed by atoms with Crippen molar-refractivity contribution in [2.24, 2.45) is 0 Å². The monoisotopic (exact) mass is 1010 g/mol. The third-order valence-electron chi connectivity index (χ3n) is 19.5. The molecule has 0 saturated heterocycles. The Hall–Kier alpha value is -6.15. The number of hydrogen-bond donors (Lipinski definition) is 0. The van der Waals surface area contributed by atoms with Crippen molar-refractivity contribution in [3.8, 4) is 66.8 Å². The summed E-state index contributed by atoms with van der Waals surface area (Å²) in [6.07, 6.45) is 18.4. The van der Waals surface area contributed by atoms with Crippen LogP contribution >= 0.6 is 11.6 Å². The van der Waals surface area contributed by atoms with Crippen molar-refractivity contribution < 1.29 is 4.42 Å². The van der Waals surface area contributed by atoms with Crippen molar-refractivity contribution in [2.45, 2.75) is 167 Å². The summed E-state index contributed by atoms with van der Waals surface area (Å²) < 4.78 is 7.11. The molecule has 0 radical (unpaired) electrons. The summed E-state index contributed by atoms with van der Waals surface area (Å²) in [7, 11) is 0. The molecule has 1 aromatic heterocycles. The fourth-order valence-corrected chi connectivity index (χ4v) is 15.5. The van der Waals surface area contributed by atoms with Gasteiger partial charge in [-0.1, -0.05) is 229 Å². The van der Waals surface area contributed by atoms with E-state index in [1.807, 2.05) is 6.07 Å². The molecule has 76 heavy (non-hydrogen) atoms. The van der Waals surface area contributed by atoms with Crippen LogP contribution in [0, 0.1) is 0 Å². The van der Waals surface area contributed by atoms with E-state index >= 15 is 0 Å². The zero-order chi connectivity index (χ0) is 52.3. The van der Waals surface area contributed by atoms with Crippen LogP contribution in [0.3, 0.4) is 0 Å². The first-order valence-electron chi connectivity index (χ1n) is 29.3. The van der Waals surface area contributed by atoms with Gasteiger partial charge in [0.1, 0.15) is 11.2 Å². The maximum Gasteiger partial charge on any atom is 0.144 e. The third-order valence-corrected chi connectivity index (χ3v) is 19.8. The number of hydrogen-bond acceptors (Lipinski definition) is 1. The molecule has 0 atom stereocenters. The van der Waals surface area contributed by atoms with Crippen LogP contribution in [0.4, 0.5) is 0 Å². The highest BCUT2D eigenvalue weighted by Gasteiger charge is 2.45. The van der Waals surface area contributed by atoms with E-state index in [1.54, 1.807) is 11.1 Å². The number of rotatable bonds is 16. The lowest BCUT2D eigenvalue weighted by Gasteiger charge is -2.33. The molecule has 384 valence electrons. The Morgan fingerprint density at radius 2 is 0.829 bits per heavy atom. The molecule has 9 aromatic rings. The van der Waals surface area contributed by atoms with Crippen LogP contribution in [0.15, 0.2) is 144 Å². The quantitative estimate of drug-likeness (QED) is 0.0879. The van der Waals surface area contributed by atoms with Gasteiger partial charge < -0.3 is 4.42 Å². The lowest BCUT2D eigenvalue weighted by Crippen LogP contribution is -2.25. The van der Waals surface area contributed by atoms with E-state index in [9.17, 15) is 0 Å². The molecule has 1 heterocycles. The standard InChI is InChI=1S/C74H75ClO/c1-9-11-13-15-17-23-37-74(38-24-18-16-14-12-10-2)59-27-21-19-25-50(59)53-34-30-47(40-65(53)74)46-29-33-51-52-35-31-48(41-61(52)71(3,4)60(51)39-46)56-43-66-69(70-68(56)55-26-20-22-28-67(55)76-70)58-45-63-57(44-64(58)73(66,7)8)54-36-32-49(75)42-62(54)72(63,5)6/h19-22,25-36,39-45H,9-18,23-24,37-38H2,1-8H3. The van der Waals surface area contributed by atoms with Gasteiger partial charge in [-0.15, -0.1) is 0 Å². The molecule has 4 aliphatic rings. The normalized spacial score (nSPS) is 16.1. The molecule has 0 N–H and O–H groups in total. The molecule has 4 aliphatic carbocycles. The van der Waals surface area contributed by atoms with Crippen molar-refractivity contribution in [3.63, 3.8) is 0 Å². The second kappa shape index (κ2) is 18.5. The average Bonchev–Trinajstić information content (AvgIpc) is 4.35. The first-order valence-corrected chi connectivity index (χ1v) is 29.7. The lowest BCUT2D eigenvalue weighted by molar-refractivity contribution is 0.398. The second-order valence-electron chi connectivity index (χ2n) is 25.1. The highest BCUT2D eigenvalue weighted by molar-refractivity contribution is 6.30. The zero-order valence-corrected chi connectivity index (χ0v) is 47.2. The fourth-order valence-electron chi connectivity index (χ4n) is 15.3. The van der Waals surface area contributed by atoms with Crippen LogP contribution in [0.25, 0.3) is 88.7 Å². The largest absolute Gasteiger partial charge is 0.455 e. The Bertz CT molecular complexity index is 3780. The molecule has 0 bridgehead atoms. The molecule has 0 unspecified atom stereocenters. The molecule has 0 saturated carbocycles. The minimum Gasteiger partial charge on any atom is -0.455 e. The van der Waals surface area contributed by atoms with Gasteiger partial charge >= 0.3 is 0 Å². The lowest BCUT2D eigenvalue weighted by atomic mass is 9.70. The van der Waals surface area contributed by atoms with Crippen molar-refractivity contribution in [2.75, 3.05) is 0 Å². The number of furan rings is 1. The molecule has 0 aliphatic heterocycles. The first-order chi connectivity index (χ1) is 36.8. The van der Waals surface area contributed by atoms with Gasteiger partial charge in [0.15, 0.2) is 0 Å². The SMILES string of the molecule is CCCCCCCCC1(CCCCCCCC)c2ccccc2-c2ccc(-c3ccc4c(c3)C(C)(C)c3cc(-c5cc6c(c7oc8ccccc8c57)-c5cc7c(cc5C6(C)C)-c5ccc(Cl)cc5C7(C)C)ccc3-4)cc21. The predicted molar refractivity (Wildman–Crippen MR) is 324 cm³/mol. The summed E-state index contributed by atoms with van der Waals surface area (Å²) in [5, 5.41) is 3.16. The summed E-state index contributed by atoms with van der Waals surface area (Å²) in [6, 6.07) is 54.4. The van der Waals surface area contributed by atoms with Gasteiger partial charge in [-0.25, -0.2) is 0 Å². The van der Waals surface area contributed by atoms with Gasteiger partial charge in [0.2, 0.25) is 0 Å². The summed E-state index contributed by atoms with van der Waals surface area (Å²) in [5.41, 5.74) is 28.5. The molecule has 13 rings (SSSR count). The number of para-hydroxylation sites is 1. The Balaban J connectivity index is 0.882. The molecular formula is C74H75ClO. The number of benzene rings is 8. The molecule has 0 fully saturated rings. The van der Waals surface area contributed by atoms with Crippen LogP contribution in [0.5, 0.6) is 0 Å². The zero-order valence-electron chi connectivity index (χ0n) is 46.5. The van der Waals surface area contributed by atoms with E-state index in [4.69, 9.17) is 16.0 Å². The summed E-state index contributed by atoms with van der Waals surface area (Å²) in [4.78, 5) is 0. The summed E-state index contributed by atoms with van der Waals surface area (Å²) in [5.74, 6) is 0. The summed E-state index contributed by atoms with van der Waals surface area (Å²) in [6.45, 7) is 19.1. The minimum absolute atomic E-state index is 0.0554. The van der Waals surface area contributed by atoms with Crippen LogP contribution in [0.2, 0.25) is 5.02 Å². The van der Waals surface area contributed by atoms with E-state index < -0.39 is 0 Å². The third kappa shape index (κ3) is 7.44. The molecule has 2 heteroatoms. The molecule has 0 amide bonds. The highest BCUT2D eigenvalue weighted by atomic mass is 35.5. The van der Waals surface area contributed by atoms with Gasteiger partial charge in [0.05, 0.1) is 0 Å². The van der Waals surface area contributed by atoms with E-state index in [0.29, 0.717) is 0 Å². The van der Waals surface area contributed by atoms with Crippen LogP contribution < -0.4 is 0 Å². The van der Waals surface area contributed by atoms with Crippen molar-refractivity contribution in [1.29, 1.82) is 0 Å². The van der Waals surface area contributed by atoms with Gasteiger partial charge in [0.25, 0.3) is 0 Å². The molecule has 1 nitrogen and oxygen atoms in total. The van der Waals surface area contributed by atoms with Crippen molar-refractivity contribution >= 4 is 33.5 Å². The summed E-state index contributed by atoms with van der Waals surface area (Å²) >= 11 is 6.65. The second-order valence-corrected chi connectivity index (χ2v) is 25.5. The van der Waals surface area contributed by atoms with E-state index in [0.717, 1.165) is 21.6 Å². The van der Waals surface area contributed by atoms with Crippen LogP contribution in [0.1, 0.15) is 190 Å². The maximum atomic E-state index is 7.11. The van der Waals surface area contributed by atoms with E-state index in [2.05, 4.69) is 189 Å². The Morgan fingerprint density at radius 3 is 1.51 bits per heavy atom. The maximum absolute atomic E-state index is 7.11. The van der Waals surface area contributed by atoms with Crippen molar-refractivity contribution in [1.82, 2.24) is 0 Å². The molecule has 0 spiro atoms. The minimum atomic E-state index is -0.258. The smallest absolute Gasteiger partial charge is 0.144 e. The van der Waals surface area contributed by atoms with Crippen LogP contribution in [-0.2, 0) is 21.7 Å². The van der Waals surface area contributed by atoms with Gasteiger partial charge in [0, 0.05) is 43.0 Å². The first kappa shape index (κ1) is 49.4. The molecule has 8 aromatic carbocycles. The van der Waals surface area contributed by atoms with Crippen LogP contribution in [-0.4, -0.2) is 0 Å². The topological polar surface area (TPSA) is 13.1 Å².